The molecule has 1 atom stereocenters. The minimum absolute atomic E-state index is 0.0727. The lowest BCUT2D eigenvalue weighted by Gasteiger charge is -2.19. The van der Waals surface area contributed by atoms with Crippen molar-refractivity contribution in [2.75, 3.05) is 12.4 Å². The van der Waals surface area contributed by atoms with Crippen LogP contribution in [0.4, 0.5) is 10.5 Å². The molecule has 0 aliphatic rings. The number of methoxy groups -OCH3 is 1. The van der Waals surface area contributed by atoms with Crippen LogP contribution in [0.15, 0.2) is 108 Å². The van der Waals surface area contributed by atoms with E-state index in [-0.39, 0.29) is 22.9 Å². The number of carbonyl (C=O) groups excluding carboxylic acids is 2. The molecule has 7 nitrogen and oxygen atoms in total. The Kier molecular flexibility index (Phi) is 9.92. The van der Waals surface area contributed by atoms with Crippen LogP contribution in [0.2, 0.25) is 0 Å². The molecule has 212 valence electrons. The van der Waals surface area contributed by atoms with Gasteiger partial charge in [0.15, 0.2) is 15.6 Å². The van der Waals surface area contributed by atoms with E-state index in [1.807, 2.05) is 61.5 Å². The molecule has 4 aromatic carbocycles. The highest BCUT2D eigenvalue weighted by Crippen LogP contribution is 2.19. The van der Waals surface area contributed by atoms with Gasteiger partial charge in [-0.05, 0) is 72.9 Å². The summed E-state index contributed by atoms with van der Waals surface area (Å²) in [5.74, 6) is 0.530. The second-order valence-corrected chi connectivity index (χ2v) is 11.9. The number of amides is 2. The van der Waals surface area contributed by atoms with E-state index in [0.717, 1.165) is 22.4 Å². The number of ether oxygens (including phenoxy) is 1. The molecule has 2 amide bonds. The Morgan fingerprint density at radius 2 is 1.41 bits per heavy atom. The SMILES string of the molecule is COc1ccc(CCC(=O)[C@@H](Cc2ccccc2)NC(=O)Nc2ccc(CS(=O)(=O)c3ccc(C)cc3)cc2)cc1. The summed E-state index contributed by atoms with van der Waals surface area (Å²) >= 11 is 0. The molecule has 0 spiro atoms. The maximum Gasteiger partial charge on any atom is 0.319 e. The number of ketones is 1. The van der Waals surface area contributed by atoms with Crippen LogP contribution < -0.4 is 15.4 Å². The van der Waals surface area contributed by atoms with Gasteiger partial charge in [0.05, 0.1) is 23.8 Å². The Bertz CT molecular complexity index is 1550. The van der Waals surface area contributed by atoms with Crippen molar-refractivity contribution in [2.24, 2.45) is 0 Å². The second-order valence-electron chi connectivity index (χ2n) is 9.92. The van der Waals surface area contributed by atoms with E-state index < -0.39 is 21.9 Å². The van der Waals surface area contributed by atoms with E-state index in [1.165, 1.54) is 0 Å². The molecule has 0 bridgehead atoms. The third-order valence-electron chi connectivity index (χ3n) is 6.74. The molecule has 0 fully saturated rings. The number of carbonyl (C=O) groups is 2. The quantitative estimate of drug-likeness (QED) is 0.220. The van der Waals surface area contributed by atoms with Gasteiger partial charge < -0.3 is 15.4 Å². The number of urea groups is 1. The zero-order chi connectivity index (χ0) is 29.2. The lowest BCUT2D eigenvalue weighted by Crippen LogP contribution is -2.44. The lowest BCUT2D eigenvalue weighted by molar-refractivity contribution is -0.120. The molecule has 0 saturated carbocycles. The fourth-order valence-electron chi connectivity index (χ4n) is 4.39. The van der Waals surface area contributed by atoms with Gasteiger partial charge in [0.25, 0.3) is 0 Å². The van der Waals surface area contributed by atoms with E-state index in [1.54, 1.807) is 55.6 Å². The molecule has 0 aromatic heterocycles. The van der Waals surface area contributed by atoms with Crippen molar-refractivity contribution in [3.63, 3.8) is 0 Å². The highest BCUT2D eigenvalue weighted by molar-refractivity contribution is 7.90. The maximum absolute atomic E-state index is 13.2. The number of nitrogens with one attached hydrogen (secondary N) is 2. The standard InChI is InChI=1S/C33H34N2O5S/c1-24-8-19-30(20-9-24)41(38,39)23-27-10-15-28(16-11-27)34-33(37)35-31(22-26-6-4-3-5-7-26)32(36)21-14-25-12-17-29(40-2)18-13-25/h3-13,15-20,31H,14,21-23H2,1-2H3,(H2,34,35,37)/t31-/m1/s1. The molecule has 8 heteroatoms. The van der Waals surface area contributed by atoms with Crippen molar-refractivity contribution in [1.82, 2.24) is 5.32 Å². The first-order chi connectivity index (χ1) is 19.7. The summed E-state index contributed by atoms with van der Waals surface area (Å²) in [7, 11) is -1.89. The summed E-state index contributed by atoms with van der Waals surface area (Å²) in [6.45, 7) is 1.90. The fourth-order valence-corrected chi connectivity index (χ4v) is 5.74. The van der Waals surface area contributed by atoms with Crippen molar-refractivity contribution in [3.05, 3.63) is 125 Å². The molecular formula is C33H34N2O5S. The first kappa shape index (κ1) is 29.6. The predicted octanol–water partition coefficient (Wildman–Crippen LogP) is 5.91. The number of rotatable bonds is 12. The van der Waals surface area contributed by atoms with Crippen LogP contribution in [0, 0.1) is 6.92 Å². The van der Waals surface area contributed by atoms with Gasteiger partial charge in [0.2, 0.25) is 0 Å². The minimum Gasteiger partial charge on any atom is -0.497 e. The van der Waals surface area contributed by atoms with E-state index in [0.29, 0.717) is 24.1 Å². The van der Waals surface area contributed by atoms with Crippen LogP contribution in [0.3, 0.4) is 0 Å². The lowest BCUT2D eigenvalue weighted by atomic mass is 9.98. The number of hydrogen-bond acceptors (Lipinski definition) is 5. The Balaban J connectivity index is 1.38. The first-order valence-corrected chi connectivity index (χ1v) is 15.0. The van der Waals surface area contributed by atoms with Crippen molar-refractivity contribution in [1.29, 1.82) is 0 Å². The third kappa shape index (κ3) is 8.78. The Hall–Kier alpha value is -4.43. The molecule has 0 saturated heterocycles. The maximum atomic E-state index is 13.2. The van der Waals surface area contributed by atoms with Crippen molar-refractivity contribution < 1.29 is 22.7 Å². The van der Waals surface area contributed by atoms with E-state index >= 15 is 0 Å². The van der Waals surface area contributed by atoms with E-state index in [9.17, 15) is 18.0 Å². The van der Waals surface area contributed by atoms with Gasteiger partial charge in [-0.2, -0.15) is 0 Å². The third-order valence-corrected chi connectivity index (χ3v) is 8.45. The van der Waals surface area contributed by atoms with Crippen molar-refractivity contribution in [2.45, 2.75) is 42.9 Å². The molecule has 0 unspecified atom stereocenters. The highest BCUT2D eigenvalue weighted by atomic mass is 32.2. The fraction of sp³-hybridized carbons (Fsp3) is 0.212. The topological polar surface area (TPSA) is 102 Å². The van der Waals surface area contributed by atoms with Crippen molar-refractivity contribution >= 4 is 27.3 Å². The van der Waals surface area contributed by atoms with Crippen LogP contribution in [0.5, 0.6) is 5.75 Å². The van der Waals surface area contributed by atoms with Crippen LogP contribution in [-0.2, 0) is 33.2 Å². The summed E-state index contributed by atoms with van der Waals surface area (Å²) in [6.07, 6.45) is 1.18. The van der Waals surface area contributed by atoms with Crippen LogP contribution in [0.1, 0.15) is 28.7 Å². The molecule has 0 radical (unpaired) electrons. The van der Waals surface area contributed by atoms with Crippen LogP contribution >= 0.6 is 0 Å². The molecule has 0 aliphatic carbocycles. The Labute approximate surface area is 241 Å². The molecular weight excluding hydrogens is 536 g/mol. The average Bonchev–Trinajstić information content (AvgIpc) is 2.97. The van der Waals surface area contributed by atoms with Gasteiger partial charge in [0, 0.05) is 12.1 Å². The van der Waals surface area contributed by atoms with Gasteiger partial charge in [-0.3, -0.25) is 4.79 Å². The summed E-state index contributed by atoms with van der Waals surface area (Å²) in [5.41, 5.74) is 4.03. The molecule has 0 heterocycles. The molecule has 0 aliphatic heterocycles. The van der Waals surface area contributed by atoms with Crippen LogP contribution in [0.25, 0.3) is 0 Å². The van der Waals surface area contributed by atoms with Gasteiger partial charge >= 0.3 is 6.03 Å². The number of benzene rings is 4. The Morgan fingerprint density at radius 1 is 0.780 bits per heavy atom. The molecule has 4 aromatic rings. The predicted molar refractivity (Wildman–Crippen MR) is 161 cm³/mol. The van der Waals surface area contributed by atoms with Gasteiger partial charge in [0.1, 0.15) is 5.75 Å². The Morgan fingerprint density at radius 3 is 2.05 bits per heavy atom. The number of Topliss-reactive ketones (excluding diaryl/α,β-unsaturated/α-hetero) is 1. The largest absolute Gasteiger partial charge is 0.497 e. The zero-order valence-electron chi connectivity index (χ0n) is 23.2. The van der Waals surface area contributed by atoms with Gasteiger partial charge in [-0.1, -0.05) is 72.3 Å². The van der Waals surface area contributed by atoms with E-state index in [4.69, 9.17) is 4.74 Å². The van der Waals surface area contributed by atoms with Crippen LogP contribution in [-0.4, -0.2) is 33.4 Å². The number of aryl methyl sites for hydroxylation is 2. The summed E-state index contributed by atoms with van der Waals surface area (Å²) < 4.78 is 30.7. The first-order valence-electron chi connectivity index (χ1n) is 13.4. The number of sulfone groups is 1. The molecule has 2 N–H and O–H groups in total. The summed E-state index contributed by atoms with van der Waals surface area (Å²) in [5, 5.41) is 5.59. The monoisotopic (exact) mass is 570 g/mol. The summed E-state index contributed by atoms with van der Waals surface area (Å²) in [4.78, 5) is 26.4. The number of anilines is 1. The smallest absolute Gasteiger partial charge is 0.319 e. The van der Waals surface area contributed by atoms with Gasteiger partial charge in [-0.25, -0.2) is 13.2 Å². The minimum atomic E-state index is -3.49. The second kappa shape index (κ2) is 13.8. The van der Waals surface area contributed by atoms with Crippen molar-refractivity contribution in [3.8, 4) is 5.75 Å². The number of hydrogen-bond donors (Lipinski definition) is 2. The van der Waals surface area contributed by atoms with Gasteiger partial charge in [-0.15, -0.1) is 0 Å². The highest BCUT2D eigenvalue weighted by Gasteiger charge is 2.21. The molecule has 41 heavy (non-hydrogen) atoms. The molecule has 4 rings (SSSR count). The zero-order valence-corrected chi connectivity index (χ0v) is 24.0. The summed E-state index contributed by atoms with van der Waals surface area (Å²) in [6, 6.07) is 29.3. The average molecular weight is 571 g/mol. The van der Waals surface area contributed by atoms with E-state index in [2.05, 4.69) is 10.6 Å². The normalized spacial score (nSPS) is 11.9.